The molecular formula is C24H27O10P4-3. The van der Waals surface area contributed by atoms with Crippen LogP contribution in [-0.4, -0.2) is 0 Å². The normalized spacial score (nSPS) is 18.1. The van der Waals surface area contributed by atoms with Crippen LogP contribution >= 0.6 is 30.6 Å². The molecule has 38 heavy (non-hydrogen) atoms. The van der Waals surface area contributed by atoms with Gasteiger partial charge in [0.25, 0.3) is 0 Å². The molecule has 0 aliphatic heterocycles. The highest BCUT2D eigenvalue weighted by Crippen LogP contribution is 2.72. The van der Waals surface area contributed by atoms with Gasteiger partial charge in [-0.05, 0) is 42.0 Å². The summed E-state index contributed by atoms with van der Waals surface area (Å²) in [5, 5.41) is -1.37. The van der Waals surface area contributed by atoms with Crippen LogP contribution < -0.4 is 30.6 Å². The molecule has 0 heterocycles. The maximum atomic E-state index is 13.7. The first kappa shape index (κ1) is 30.9. The fraction of sp³-hybridized carbons (Fsp3) is 0.250. The molecule has 0 saturated carbocycles. The molecule has 0 aliphatic carbocycles. The zero-order valence-corrected chi connectivity index (χ0v) is 24.5. The van der Waals surface area contributed by atoms with Crippen LogP contribution in [0.4, 0.5) is 0 Å². The van der Waals surface area contributed by atoms with Crippen LogP contribution in [0.3, 0.4) is 0 Å². The third-order valence-corrected chi connectivity index (χ3v) is 13.5. The summed E-state index contributed by atoms with van der Waals surface area (Å²) in [5.74, 6) is 0. The third-order valence-electron chi connectivity index (χ3n) is 5.65. The number of phosphoric acid groups is 1. The Labute approximate surface area is 221 Å². The van der Waals surface area contributed by atoms with Crippen LogP contribution in [0.25, 0.3) is 0 Å². The van der Waals surface area contributed by atoms with E-state index in [0.717, 1.165) is 35.4 Å². The van der Waals surface area contributed by atoms with Gasteiger partial charge in [0, 0.05) is 15.9 Å². The van der Waals surface area contributed by atoms with E-state index < -0.39 is 41.2 Å². The second kappa shape index (κ2) is 12.2. The number of aryl methyl sites for hydroxylation is 1. The Morgan fingerprint density at radius 1 is 0.553 bits per heavy atom. The van der Waals surface area contributed by atoms with Crippen molar-refractivity contribution in [3.63, 3.8) is 0 Å². The average molecular weight is 599 g/mol. The van der Waals surface area contributed by atoms with Gasteiger partial charge < -0.3 is 28.4 Å². The fourth-order valence-electron chi connectivity index (χ4n) is 3.95. The van der Waals surface area contributed by atoms with E-state index in [-0.39, 0.29) is 11.7 Å². The predicted molar refractivity (Wildman–Crippen MR) is 140 cm³/mol. The molecule has 0 bridgehead atoms. The molecule has 3 aromatic carbocycles. The van der Waals surface area contributed by atoms with E-state index in [1.54, 1.807) is 13.0 Å². The molecule has 0 aliphatic rings. The second-order valence-electron chi connectivity index (χ2n) is 8.12. The van der Waals surface area contributed by atoms with Crippen molar-refractivity contribution >= 4 is 46.5 Å². The Balaban J connectivity index is 2.12. The van der Waals surface area contributed by atoms with Crippen molar-refractivity contribution in [1.29, 1.82) is 0 Å². The van der Waals surface area contributed by atoms with Crippen LogP contribution in [0.2, 0.25) is 0 Å². The lowest BCUT2D eigenvalue weighted by Crippen LogP contribution is -2.25. The number of rotatable bonds is 12. The van der Waals surface area contributed by atoms with Crippen LogP contribution in [0, 0.1) is 0 Å². The molecule has 0 saturated heterocycles. The quantitative estimate of drug-likeness (QED) is 0.282. The van der Waals surface area contributed by atoms with E-state index in [1.807, 2.05) is 13.8 Å². The van der Waals surface area contributed by atoms with Gasteiger partial charge in [0.15, 0.2) is 22.8 Å². The summed E-state index contributed by atoms with van der Waals surface area (Å²) >= 11 is 0. The SMILES string of the molecule is CCc1ccc(P(=O)([O-])OP(=O)(OP(=O)([O-])c2ccccc2)OP(=O)([O-])c2ccccc2)c(CC)c1CC. The molecule has 0 amide bonds. The van der Waals surface area contributed by atoms with Crippen molar-refractivity contribution in [1.82, 2.24) is 0 Å². The highest BCUT2D eigenvalue weighted by molar-refractivity contribution is 7.78. The van der Waals surface area contributed by atoms with Crippen molar-refractivity contribution in [3.8, 4) is 0 Å². The molecule has 3 atom stereocenters. The maximum Gasteiger partial charge on any atom is 0.490 e. The fourth-order valence-corrected chi connectivity index (χ4v) is 11.3. The van der Waals surface area contributed by atoms with Crippen molar-refractivity contribution < 1.29 is 45.9 Å². The molecule has 0 radical (unpaired) electrons. The first-order chi connectivity index (χ1) is 17.8. The molecule has 0 aromatic heterocycles. The molecule has 0 N–H and O–H groups in total. The molecule has 14 heteroatoms. The summed E-state index contributed by atoms with van der Waals surface area (Å²) in [6.45, 7) is 5.46. The lowest BCUT2D eigenvalue weighted by atomic mass is 9.96. The van der Waals surface area contributed by atoms with E-state index in [2.05, 4.69) is 8.62 Å². The predicted octanol–water partition coefficient (Wildman–Crippen LogP) is 3.47. The van der Waals surface area contributed by atoms with E-state index in [9.17, 15) is 32.9 Å². The molecule has 10 nitrogen and oxygen atoms in total. The van der Waals surface area contributed by atoms with Crippen LogP contribution in [0.1, 0.15) is 37.5 Å². The Morgan fingerprint density at radius 2 is 0.974 bits per heavy atom. The Hall–Kier alpha value is -1.66. The second-order valence-corrected chi connectivity index (χ2v) is 15.5. The number of hydrogen-bond donors (Lipinski definition) is 0. The molecule has 3 aromatic rings. The largest absolute Gasteiger partial charge is 0.775 e. The summed E-state index contributed by atoms with van der Waals surface area (Å²) in [5.41, 5.74) is 2.00. The minimum atomic E-state index is -5.88. The summed E-state index contributed by atoms with van der Waals surface area (Å²) in [4.78, 5) is 39.2. The van der Waals surface area contributed by atoms with Crippen LogP contribution in [0.5, 0.6) is 0 Å². The van der Waals surface area contributed by atoms with Gasteiger partial charge in [-0.3, -0.25) is 0 Å². The van der Waals surface area contributed by atoms with Gasteiger partial charge in [0.05, 0.1) is 0 Å². The monoisotopic (exact) mass is 599 g/mol. The van der Waals surface area contributed by atoms with Crippen LogP contribution in [0.15, 0.2) is 72.8 Å². The minimum Gasteiger partial charge on any atom is -0.775 e. The summed E-state index contributed by atoms with van der Waals surface area (Å²) in [7, 11) is -22.0. The first-order valence-corrected chi connectivity index (χ1v) is 17.8. The number of hydrogen-bond acceptors (Lipinski definition) is 10. The highest BCUT2D eigenvalue weighted by Gasteiger charge is 2.41. The van der Waals surface area contributed by atoms with Gasteiger partial charge >= 0.3 is 7.82 Å². The Morgan fingerprint density at radius 3 is 1.37 bits per heavy atom. The van der Waals surface area contributed by atoms with E-state index in [4.69, 9.17) is 4.31 Å². The van der Waals surface area contributed by atoms with Crippen LogP contribution in [-0.2, 0) is 50.5 Å². The van der Waals surface area contributed by atoms with Crippen molar-refractivity contribution in [3.05, 3.63) is 89.5 Å². The molecule has 3 unspecified atom stereocenters. The Bertz CT molecular complexity index is 1390. The molecular weight excluding hydrogens is 572 g/mol. The topological polar surface area (TPSA) is 165 Å². The van der Waals surface area contributed by atoms with Crippen molar-refractivity contribution in [2.75, 3.05) is 0 Å². The standard InChI is InChI=1S/C24H30O10P4/c1-4-19-17-18-24(23(6-3)22(19)5-2)37(29,30)34-38(31,32-35(25,26)20-13-9-7-10-14-20)33-36(27,28)21-15-11-8-12-16-21/h7-18H,4-6H2,1-3H3,(H,25,26)(H,27,28)(H,29,30)/p-3. The summed E-state index contributed by atoms with van der Waals surface area (Å²) in [6.07, 6.45) is 1.36. The zero-order chi connectivity index (χ0) is 28.2. The van der Waals surface area contributed by atoms with Gasteiger partial charge in [0.1, 0.15) is 0 Å². The molecule has 3 rings (SSSR count). The average Bonchev–Trinajstić information content (AvgIpc) is 2.87. The minimum absolute atomic E-state index is 0.252. The summed E-state index contributed by atoms with van der Waals surface area (Å²) < 4.78 is 67.0. The smallest absolute Gasteiger partial charge is 0.490 e. The maximum absolute atomic E-state index is 13.7. The lowest BCUT2D eigenvalue weighted by molar-refractivity contribution is -0.193. The molecule has 0 spiro atoms. The molecule has 206 valence electrons. The van der Waals surface area contributed by atoms with E-state index in [1.165, 1.54) is 42.5 Å². The van der Waals surface area contributed by atoms with Gasteiger partial charge in [-0.15, -0.1) is 0 Å². The summed E-state index contributed by atoms with van der Waals surface area (Å²) in [6, 6.07) is 15.5. The first-order valence-electron chi connectivity index (χ1n) is 11.7. The highest BCUT2D eigenvalue weighted by atomic mass is 31.3. The third kappa shape index (κ3) is 7.10. The van der Waals surface area contributed by atoms with Crippen molar-refractivity contribution in [2.24, 2.45) is 0 Å². The van der Waals surface area contributed by atoms with Gasteiger partial charge in [-0.2, -0.15) is 0 Å². The van der Waals surface area contributed by atoms with Gasteiger partial charge in [-0.1, -0.05) is 87.5 Å². The van der Waals surface area contributed by atoms with E-state index >= 15 is 0 Å². The van der Waals surface area contributed by atoms with E-state index in [0.29, 0.717) is 18.4 Å². The zero-order valence-electron chi connectivity index (χ0n) is 20.9. The molecule has 0 fully saturated rings. The van der Waals surface area contributed by atoms with Crippen molar-refractivity contribution in [2.45, 2.75) is 40.0 Å². The Kier molecular flexibility index (Phi) is 9.95. The van der Waals surface area contributed by atoms with Gasteiger partial charge in [0.2, 0.25) is 0 Å². The lowest BCUT2D eigenvalue weighted by Gasteiger charge is -2.35. The van der Waals surface area contributed by atoms with Gasteiger partial charge in [-0.25, -0.2) is 17.5 Å². The number of benzene rings is 3.